The summed E-state index contributed by atoms with van der Waals surface area (Å²) in [5.41, 5.74) is 3.12. The van der Waals surface area contributed by atoms with Crippen LogP contribution in [0.25, 0.3) is 0 Å². The van der Waals surface area contributed by atoms with Crippen molar-refractivity contribution in [3.8, 4) is 0 Å². The number of rotatable bonds is 11. The maximum Gasteiger partial charge on any atom is 0.324 e. The van der Waals surface area contributed by atoms with E-state index < -0.39 is 25.7 Å². The fourth-order valence-electron chi connectivity index (χ4n) is 8.09. The first-order valence-electron chi connectivity index (χ1n) is 19.7. The third-order valence-electron chi connectivity index (χ3n) is 11.2. The fourth-order valence-corrected chi connectivity index (χ4v) is 12.6. The predicted molar refractivity (Wildman–Crippen MR) is 228 cm³/mol. The number of allylic oxidation sites excluding steroid dienone is 2. The molecule has 1 aliphatic carbocycles. The minimum atomic E-state index is -3.07. The molecule has 0 fully saturated rings. The molecule has 1 aliphatic rings. The summed E-state index contributed by atoms with van der Waals surface area (Å²) in [7, 11) is -3.07. The Morgan fingerprint density at radius 2 is 1.05 bits per heavy atom. The molecule has 0 aromatic heterocycles. The fraction of sp³-hybridized carbons (Fsp3) is 0.320. The van der Waals surface area contributed by atoms with Gasteiger partial charge in [-0.25, -0.2) is 0 Å². The summed E-state index contributed by atoms with van der Waals surface area (Å²) in [4.78, 5) is 29.6. The molecule has 1 atom stereocenters. The quantitative estimate of drug-likeness (QED) is 0.0761. The topological polar surface area (TPSA) is 61.8 Å². The van der Waals surface area contributed by atoms with Crippen molar-refractivity contribution in [2.45, 2.75) is 97.3 Å². The Morgan fingerprint density at radius 3 is 1.46 bits per heavy atom. The van der Waals surface area contributed by atoms with E-state index >= 15 is 0 Å². The summed E-state index contributed by atoms with van der Waals surface area (Å²) in [6.45, 7) is 15.5. The monoisotopic (exact) mass is 764 g/mol. The van der Waals surface area contributed by atoms with Crippen LogP contribution in [0.2, 0.25) is 5.04 Å². The highest BCUT2D eigenvalue weighted by atomic mass is 28.4. The minimum absolute atomic E-state index is 0.0394. The van der Waals surface area contributed by atoms with E-state index in [1.807, 2.05) is 79.7 Å². The van der Waals surface area contributed by atoms with Crippen LogP contribution in [0.15, 0.2) is 157 Å². The molecular formula is C50H56O5Si. The van der Waals surface area contributed by atoms with Crippen molar-refractivity contribution in [1.82, 2.24) is 0 Å². The summed E-state index contributed by atoms with van der Waals surface area (Å²) in [6, 6.07) is 49.0. The van der Waals surface area contributed by atoms with Crippen LogP contribution < -0.4 is 10.4 Å². The molecule has 290 valence electrons. The van der Waals surface area contributed by atoms with E-state index in [2.05, 4.69) is 114 Å². The second-order valence-electron chi connectivity index (χ2n) is 17.3. The van der Waals surface area contributed by atoms with Crippen molar-refractivity contribution in [2.24, 2.45) is 5.41 Å². The molecule has 1 unspecified atom stereocenters. The molecule has 0 bridgehead atoms. The van der Waals surface area contributed by atoms with Gasteiger partial charge in [-0.15, -0.1) is 0 Å². The molecular weight excluding hydrogens is 709 g/mol. The SMILES string of the molecule is CC1=C(O[Si](c2ccccc2)(c2ccccc2)C(C)(C)C)CC(c2ccc(C(C)(C)C)cc2)CC(C(=O)OCc2ccccc2)(C(=O)OCc2ccccc2)C1. The van der Waals surface area contributed by atoms with Crippen molar-refractivity contribution in [3.05, 3.63) is 179 Å². The third kappa shape index (κ3) is 8.76. The van der Waals surface area contributed by atoms with Crippen molar-refractivity contribution in [2.75, 3.05) is 0 Å². The maximum atomic E-state index is 14.8. The van der Waals surface area contributed by atoms with E-state index in [0.29, 0.717) is 6.42 Å². The summed E-state index contributed by atoms with van der Waals surface area (Å²) in [6.07, 6.45) is 0.817. The molecule has 0 saturated heterocycles. The minimum Gasteiger partial charge on any atom is -0.537 e. The zero-order valence-electron chi connectivity index (χ0n) is 34.0. The number of esters is 2. The Kier molecular flexibility index (Phi) is 12.2. The average molecular weight is 765 g/mol. The standard InChI is InChI=1S/C50H56O5Si/c1-37-33-50(46(51)53-35-38-20-12-8-13-21-38,47(52)54-36-39-22-14-9-15-23-39)34-41(40-28-30-42(31-29-40)48(2,3)4)32-45(37)55-56(49(5,6)7,43-24-16-10-17-25-43)44-26-18-11-19-27-44/h8-31,41H,32-36H2,1-7H3. The first-order valence-corrected chi connectivity index (χ1v) is 21.7. The lowest BCUT2D eigenvalue weighted by molar-refractivity contribution is -0.175. The van der Waals surface area contributed by atoms with Crippen LogP contribution in [-0.4, -0.2) is 20.3 Å². The predicted octanol–water partition coefficient (Wildman–Crippen LogP) is 10.6. The van der Waals surface area contributed by atoms with Gasteiger partial charge in [0.15, 0.2) is 5.41 Å². The number of carbonyl (C=O) groups is 2. The molecule has 0 radical (unpaired) electrons. The molecule has 6 rings (SSSR count). The molecule has 5 aromatic carbocycles. The molecule has 0 saturated carbocycles. The highest BCUT2D eigenvalue weighted by Gasteiger charge is 2.56. The van der Waals surface area contributed by atoms with Gasteiger partial charge in [-0.3, -0.25) is 9.59 Å². The maximum absolute atomic E-state index is 14.8. The van der Waals surface area contributed by atoms with Gasteiger partial charge in [0.2, 0.25) is 0 Å². The van der Waals surface area contributed by atoms with Crippen LogP contribution in [0.4, 0.5) is 0 Å². The summed E-state index contributed by atoms with van der Waals surface area (Å²) in [5.74, 6) is -0.607. The molecule has 6 heteroatoms. The first kappa shape index (κ1) is 40.5. The van der Waals surface area contributed by atoms with E-state index in [4.69, 9.17) is 13.9 Å². The van der Waals surface area contributed by atoms with E-state index in [1.165, 1.54) is 5.56 Å². The highest BCUT2D eigenvalue weighted by molar-refractivity contribution is 6.99. The number of benzene rings is 5. The van der Waals surface area contributed by atoms with Gasteiger partial charge < -0.3 is 13.9 Å². The molecule has 0 spiro atoms. The zero-order chi connectivity index (χ0) is 40.0. The molecule has 0 amide bonds. The first-order chi connectivity index (χ1) is 26.7. The zero-order valence-corrected chi connectivity index (χ0v) is 35.0. The lowest BCUT2D eigenvalue weighted by Gasteiger charge is -2.44. The molecule has 5 nitrogen and oxygen atoms in total. The van der Waals surface area contributed by atoms with Crippen LogP contribution in [0, 0.1) is 5.41 Å². The van der Waals surface area contributed by atoms with Crippen LogP contribution in [-0.2, 0) is 42.1 Å². The summed E-state index contributed by atoms with van der Waals surface area (Å²) >= 11 is 0. The van der Waals surface area contributed by atoms with Gasteiger partial charge in [0, 0.05) is 6.42 Å². The molecule has 0 N–H and O–H groups in total. The van der Waals surface area contributed by atoms with Crippen molar-refractivity contribution in [1.29, 1.82) is 0 Å². The Morgan fingerprint density at radius 1 is 0.625 bits per heavy atom. The van der Waals surface area contributed by atoms with Crippen molar-refractivity contribution >= 4 is 30.6 Å². The van der Waals surface area contributed by atoms with Gasteiger partial charge >= 0.3 is 20.3 Å². The van der Waals surface area contributed by atoms with Crippen molar-refractivity contribution in [3.63, 3.8) is 0 Å². The van der Waals surface area contributed by atoms with Crippen LogP contribution in [0.1, 0.15) is 95.9 Å². The molecule has 0 aliphatic heterocycles. The second kappa shape index (κ2) is 16.9. The van der Waals surface area contributed by atoms with Gasteiger partial charge in [-0.1, -0.05) is 187 Å². The summed E-state index contributed by atoms with van der Waals surface area (Å²) < 4.78 is 20.0. The summed E-state index contributed by atoms with van der Waals surface area (Å²) in [5, 5.41) is 2.02. The van der Waals surface area contributed by atoms with Crippen LogP contribution >= 0.6 is 0 Å². The highest BCUT2D eigenvalue weighted by Crippen LogP contribution is 2.49. The number of ether oxygens (including phenoxy) is 2. The number of hydrogen-bond donors (Lipinski definition) is 0. The Bertz CT molecular complexity index is 2000. The van der Waals surface area contributed by atoms with E-state index in [9.17, 15) is 9.59 Å². The Labute approximate surface area is 334 Å². The number of hydrogen-bond acceptors (Lipinski definition) is 5. The average Bonchev–Trinajstić information content (AvgIpc) is 3.35. The van der Waals surface area contributed by atoms with Gasteiger partial charge in [0.05, 0.1) is 5.76 Å². The largest absolute Gasteiger partial charge is 0.537 e. The third-order valence-corrected chi connectivity index (χ3v) is 16.2. The smallest absolute Gasteiger partial charge is 0.324 e. The lowest BCUT2D eigenvalue weighted by Crippen LogP contribution is -2.66. The van der Waals surface area contributed by atoms with Gasteiger partial charge in [-0.05, 0) is 74.3 Å². The van der Waals surface area contributed by atoms with E-state index in [1.54, 1.807) is 0 Å². The van der Waals surface area contributed by atoms with Crippen molar-refractivity contribution < 1.29 is 23.5 Å². The van der Waals surface area contributed by atoms with Crippen LogP contribution in [0.5, 0.6) is 0 Å². The van der Waals surface area contributed by atoms with E-state index in [-0.39, 0.29) is 42.4 Å². The lowest BCUT2D eigenvalue weighted by atomic mass is 9.74. The normalized spacial score (nSPS) is 16.1. The Balaban J connectivity index is 1.51. The molecule has 56 heavy (non-hydrogen) atoms. The number of carbonyl (C=O) groups excluding carboxylic acids is 2. The van der Waals surface area contributed by atoms with Gasteiger partial charge in [0.1, 0.15) is 13.2 Å². The molecule has 0 heterocycles. The van der Waals surface area contributed by atoms with Gasteiger partial charge in [-0.2, -0.15) is 0 Å². The second-order valence-corrected chi connectivity index (χ2v) is 21.5. The van der Waals surface area contributed by atoms with Crippen LogP contribution in [0.3, 0.4) is 0 Å². The van der Waals surface area contributed by atoms with E-state index in [0.717, 1.165) is 38.4 Å². The van der Waals surface area contributed by atoms with Gasteiger partial charge in [0.25, 0.3) is 0 Å². The Hall–Kier alpha value is -5.20. The molecule has 5 aromatic rings.